The predicted molar refractivity (Wildman–Crippen MR) is 265 cm³/mol. The molecule has 0 radical (unpaired) electrons. The maximum absolute atomic E-state index is 12.8. The Kier molecular flexibility index (Phi) is 19.7. The van der Waals surface area contributed by atoms with Gasteiger partial charge in [0.25, 0.3) is 0 Å². The normalized spacial score (nSPS) is 21.6. The summed E-state index contributed by atoms with van der Waals surface area (Å²) in [6.07, 6.45) is 5.01. The minimum Gasteiger partial charge on any atom is -0.465 e. The number of amides is 2. The summed E-state index contributed by atoms with van der Waals surface area (Å²) in [7, 11) is 1.82. The molecule has 0 aromatic carbocycles. The lowest BCUT2D eigenvalue weighted by molar-refractivity contribution is -0.190. The second kappa shape index (κ2) is 25.9. The van der Waals surface area contributed by atoms with E-state index >= 15 is 0 Å². The fourth-order valence-corrected chi connectivity index (χ4v) is 10.2. The first-order valence-electron chi connectivity index (χ1n) is 26.3. The molecule has 406 valence electrons. The topological polar surface area (TPSA) is 165 Å². The maximum Gasteiger partial charge on any atom is 0.425 e. The summed E-state index contributed by atoms with van der Waals surface area (Å²) in [5, 5.41) is 10.6. The third-order valence-electron chi connectivity index (χ3n) is 15.0. The van der Waals surface area contributed by atoms with Crippen molar-refractivity contribution >= 4 is 11.8 Å². The number of halogens is 6. The lowest BCUT2D eigenvalue weighted by Crippen LogP contribution is -2.39. The van der Waals surface area contributed by atoms with E-state index in [-0.39, 0.29) is 42.1 Å². The highest BCUT2D eigenvalue weighted by Gasteiger charge is 2.39. The first kappa shape index (κ1) is 56.3. The van der Waals surface area contributed by atoms with Crippen molar-refractivity contribution in [3.8, 4) is 11.8 Å². The molecule has 2 aliphatic carbocycles. The molecule has 2 aliphatic heterocycles. The van der Waals surface area contributed by atoms with E-state index in [1.165, 1.54) is 0 Å². The van der Waals surface area contributed by atoms with Crippen molar-refractivity contribution in [1.29, 1.82) is 0 Å². The predicted octanol–water partition coefficient (Wildman–Crippen LogP) is 7.77. The van der Waals surface area contributed by atoms with Crippen LogP contribution >= 0.6 is 0 Å². The Morgan fingerprint density at radius 1 is 0.635 bits per heavy atom. The molecule has 4 aliphatic rings. The molecule has 2 atom stereocenters. The zero-order valence-electron chi connectivity index (χ0n) is 43.4. The van der Waals surface area contributed by atoms with E-state index in [4.69, 9.17) is 9.47 Å². The molecular formula is C53H73F6N11O4. The number of fused-ring (bicyclic) bond motifs is 2. The molecule has 8 rings (SSSR count). The second-order valence-electron chi connectivity index (χ2n) is 20.6. The standard InChI is InChI=1S/C27H36F3N5O2.C26H37F3N6O2/c1-18(27(28,29)30)37-26-8-5-22-10-13-35(14-11-24(22)34-26)12-9-20-3-6-23(7-4-20)33-25(36)15-21-16-31-19(2)32-17-21;1-17(26(27,28)29)37-25-9-6-20-11-14-35(15-12-22(20)32-25)13-10-19-4-7-21(8-5-19)31-24(36)16-23-30-18(2)34(3)33-23/h5,8,16-18,20,23H,3-4,6-7,9-15H2,1-2H3,(H,33,36);6,9,17,19,21H,4-5,7-8,10-16H2,1-3H3,(H,31,36). The van der Waals surface area contributed by atoms with Crippen LogP contribution in [0.5, 0.6) is 11.8 Å². The molecule has 21 heteroatoms. The summed E-state index contributed by atoms with van der Waals surface area (Å²) in [6, 6.07) is 7.23. The monoisotopic (exact) mass is 1040 g/mol. The fraction of sp³-hybridized carbons (Fsp3) is 0.660. The Bertz CT molecular complexity index is 2420. The Hall–Kier alpha value is -5.44. The molecule has 2 amide bonds. The van der Waals surface area contributed by atoms with Crippen LogP contribution in [0.1, 0.15) is 124 Å². The summed E-state index contributed by atoms with van der Waals surface area (Å²) < 4.78 is 88.6. The lowest BCUT2D eigenvalue weighted by atomic mass is 9.84. The molecule has 6 heterocycles. The first-order valence-corrected chi connectivity index (χ1v) is 26.3. The summed E-state index contributed by atoms with van der Waals surface area (Å²) in [6.45, 7) is 11.2. The molecule has 2 fully saturated rings. The molecule has 0 saturated heterocycles. The van der Waals surface area contributed by atoms with Crippen LogP contribution in [0.15, 0.2) is 36.7 Å². The summed E-state index contributed by atoms with van der Waals surface area (Å²) in [5.74, 6) is 3.40. The molecule has 2 N–H and O–H groups in total. The van der Waals surface area contributed by atoms with Crippen molar-refractivity contribution in [1.82, 2.24) is 55.1 Å². The van der Waals surface area contributed by atoms with Crippen LogP contribution in [0.4, 0.5) is 26.3 Å². The largest absolute Gasteiger partial charge is 0.465 e. The van der Waals surface area contributed by atoms with Gasteiger partial charge in [-0.05, 0) is 146 Å². The van der Waals surface area contributed by atoms with Gasteiger partial charge in [-0.25, -0.2) is 24.9 Å². The van der Waals surface area contributed by atoms with Gasteiger partial charge in [0, 0.05) is 94.1 Å². The smallest absolute Gasteiger partial charge is 0.425 e. The SMILES string of the molecule is Cc1nc(CC(=O)NC2CCC(CCN3CCc4ccc(OC(C)C(F)(F)F)nc4CC3)CC2)nn1C.Cc1ncc(CC(=O)NC2CCC(CCN3CCc4ccc(OC(C)C(F)(F)F)nc4CC3)CC2)cn1. The zero-order chi connectivity index (χ0) is 53.0. The van der Waals surface area contributed by atoms with Gasteiger partial charge in [0.2, 0.25) is 23.6 Å². The minimum absolute atomic E-state index is 0.0202. The van der Waals surface area contributed by atoms with Gasteiger partial charge in [0.15, 0.2) is 18.0 Å². The molecule has 2 unspecified atom stereocenters. The summed E-state index contributed by atoms with van der Waals surface area (Å²) in [4.78, 5) is 51.0. The van der Waals surface area contributed by atoms with E-state index < -0.39 is 24.6 Å². The number of pyridine rings is 2. The number of nitrogens with zero attached hydrogens (tertiary/aromatic N) is 9. The highest BCUT2D eigenvalue weighted by atomic mass is 19.4. The number of ether oxygens (including phenoxy) is 2. The van der Waals surface area contributed by atoms with Crippen LogP contribution in [-0.4, -0.2) is 132 Å². The van der Waals surface area contributed by atoms with E-state index in [0.29, 0.717) is 42.7 Å². The number of carbonyl (C=O) groups excluding carboxylic acids is 2. The van der Waals surface area contributed by atoms with Crippen LogP contribution in [0, 0.1) is 25.7 Å². The third kappa shape index (κ3) is 17.3. The van der Waals surface area contributed by atoms with E-state index in [0.717, 1.165) is 164 Å². The van der Waals surface area contributed by atoms with Crippen molar-refractivity contribution in [3.05, 3.63) is 82.2 Å². The van der Waals surface area contributed by atoms with Crippen molar-refractivity contribution in [2.24, 2.45) is 18.9 Å². The minimum atomic E-state index is -4.41. The van der Waals surface area contributed by atoms with Gasteiger partial charge in [0.1, 0.15) is 11.6 Å². The van der Waals surface area contributed by atoms with Gasteiger partial charge < -0.3 is 29.9 Å². The summed E-state index contributed by atoms with van der Waals surface area (Å²) >= 11 is 0. The van der Waals surface area contributed by atoms with Gasteiger partial charge in [-0.1, -0.05) is 12.1 Å². The van der Waals surface area contributed by atoms with Crippen molar-refractivity contribution in [2.45, 2.75) is 167 Å². The highest BCUT2D eigenvalue weighted by Crippen LogP contribution is 2.31. The van der Waals surface area contributed by atoms with Crippen LogP contribution in [0.25, 0.3) is 0 Å². The molecule has 2 saturated carbocycles. The number of aryl methyl sites for hydroxylation is 3. The van der Waals surface area contributed by atoms with Gasteiger partial charge in [-0.3, -0.25) is 14.3 Å². The molecule has 74 heavy (non-hydrogen) atoms. The first-order chi connectivity index (χ1) is 35.2. The van der Waals surface area contributed by atoms with E-state index in [1.54, 1.807) is 29.2 Å². The summed E-state index contributed by atoms with van der Waals surface area (Å²) in [5.41, 5.74) is 4.67. The molecule has 4 aromatic heterocycles. The number of nitrogens with one attached hydrogen (secondary N) is 2. The number of carbonyl (C=O) groups is 2. The number of aromatic nitrogens is 7. The average molecular weight is 1040 g/mol. The fourth-order valence-electron chi connectivity index (χ4n) is 10.2. The lowest BCUT2D eigenvalue weighted by Gasteiger charge is -2.30. The number of hydrogen-bond donors (Lipinski definition) is 2. The number of rotatable bonds is 16. The number of alkyl halides is 6. The van der Waals surface area contributed by atoms with Gasteiger partial charge in [-0.2, -0.15) is 31.4 Å². The van der Waals surface area contributed by atoms with Gasteiger partial charge in [0.05, 0.1) is 12.8 Å². The van der Waals surface area contributed by atoms with Gasteiger partial charge in [-0.15, -0.1) is 0 Å². The van der Waals surface area contributed by atoms with Gasteiger partial charge >= 0.3 is 12.4 Å². The van der Waals surface area contributed by atoms with Crippen LogP contribution < -0.4 is 20.1 Å². The molecule has 0 spiro atoms. The number of hydrogen-bond acceptors (Lipinski definition) is 12. The van der Waals surface area contributed by atoms with Crippen LogP contribution in [0.2, 0.25) is 0 Å². The Balaban J connectivity index is 0.000000216. The Morgan fingerprint density at radius 3 is 1.49 bits per heavy atom. The Labute approximate surface area is 430 Å². The Morgan fingerprint density at radius 2 is 1.07 bits per heavy atom. The van der Waals surface area contributed by atoms with Crippen molar-refractivity contribution in [2.75, 3.05) is 39.3 Å². The molecular weight excluding hydrogens is 969 g/mol. The molecule has 15 nitrogen and oxygen atoms in total. The van der Waals surface area contributed by atoms with Crippen LogP contribution in [0.3, 0.4) is 0 Å². The maximum atomic E-state index is 12.8. The van der Waals surface area contributed by atoms with E-state index in [9.17, 15) is 35.9 Å². The zero-order valence-corrected chi connectivity index (χ0v) is 43.4. The molecule has 4 aromatic rings. The molecule has 0 bridgehead atoms. The average Bonchev–Trinajstić information content (AvgIpc) is 3.48. The van der Waals surface area contributed by atoms with Crippen molar-refractivity contribution < 1.29 is 45.4 Å². The van der Waals surface area contributed by atoms with Crippen LogP contribution in [-0.2, 0) is 55.2 Å². The second-order valence-corrected chi connectivity index (χ2v) is 20.6. The third-order valence-corrected chi connectivity index (χ3v) is 15.0. The van der Waals surface area contributed by atoms with E-state index in [2.05, 4.69) is 50.5 Å². The van der Waals surface area contributed by atoms with E-state index in [1.807, 2.05) is 33.0 Å². The quantitative estimate of drug-likeness (QED) is 0.105. The highest BCUT2D eigenvalue weighted by molar-refractivity contribution is 5.78. The van der Waals surface area contributed by atoms with Crippen molar-refractivity contribution in [3.63, 3.8) is 0 Å².